The van der Waals surface area contributed by atoms with E-state index < -0.39 is 0 Å². The van der Waals surface area contributed by atoms with Crippen LogP contribution in [0.1, 0.15) is 44.1 Å². The maximum absolute atomic E-state index is 9.27. The summed E-state index contributed by atoms with van der Waals surface area (Å²) in [6.07, 6.45) is 1.69. The van der Waals surface area contributed by atoms with Crippen molar-refractivity contribution >= 4 is 21.7 Å². The number of hydrogen-bond donors (Lipinski definition) is 2. The molecule has 0 aromatic carbocycles. The highest BCUT2D eigenvalue weighted by molar-refractivity contribution is 9.10. The van der Waals surface area contributed by atoms with Gasteiger partial charge >= 0.3 is 0 Å². The zero-order valence-corrected chi connectivity index (χ0v) is 12.7. The van der Waals surface area contributed by atoms with E-state index in [2.05, 4.69) is 45.1 Å². The van der Waals surface area contributed by atoms with E-state index in [-0.39, 0.29) is 6.10 Å². The van der Waals surface area contributed by atoms with E-state index in [1.165, 1.54) is 0 Å². The van der Waals surface area contributed by atoms with Gasteiger partial charge in [-0.05, 0) is 41.6 Å². The molecule has 1 aromatic rings. The van der Waals surface area contributed by atoms with Crippen molar-refractivity contribution in [2.75, 3.05) is 11.9 Å². The molecule has 1 aromatic heterocycles. The standard InChI is InChI=1S/C13H20BrN3O/c1-7(2)12-16-8(3)11(14)13(17-12)15-6-9-4-10(18)5-9/h7,9-10,18H,4-6H2,1-3H3,(H,15,16,17). The van der Waals surface area contributed by atoms with Crippen LogP contribution in [0.15, 0.2) is 4.47 Å². The fourth-order valence-corrected chi connectivity index (χ4v) is 2.38. The molecule has 18 heavy (non-hydrogen) atoms. The second kappa shape index (κ2) is 5.53. The third kappa shape index (κ3) is 3.01. The number of aromatic nitrogens is 2. The summed E-state index contributed by atoms with van der Waals surface area (Å²) in [4.78, 5) is 9.02. The smallest absolute Gasteiger partial charge is 0.144 e. The number of hydrogen-bond acceptors (Lipinski definition) is 4. The molecular weight excluding hydrogens is 294 g/mol. The van der Waals surface area contributed by atoms with Crippen molar-refractivity contribution in [1.29, 1.82) is 0 Å². The molecule has 100 valence electrons. The van der Waals surface area contributed by atoms with Gasteiger partial charge < -0.3 is 10.4 Å². The van der Waals surface area contributed by atoms with Crippen LogP contribution in [-0.2, 0) is 0 Å². The monoisotopic (exact) mass is 313 g/mol. The minimum atomic E-state index is -0.0985. The molecule has 0 saturated heterocycles. The molecule has 0 unspecified atom stereocenters. The van der Waals surface area contributed by atoms with Gasteiger partial charge in [0.2, 0.25) is 0 Å². The molecular formula is C13H20BrN3O. The Morgan fingerprint density at radius 3 is 2.61 bits per heavy atom. The summed E-state index contributed by atoms with van der Waals surface area (Å²) in [5.41, 5.74) is 0.963. The Morgan fingerprint density at radius 1 is 1.39 bits per heavy atom. The average Bonchev–Trinajstić information content (AvgIpc) is 2.27. The molecule has 2 rings (SSSR count). The molecule has 1 saturated carbocycles. The fourth-order valence-electron chi connectivity index (χ4n) is 2.06. The lowest BCUT2D eigenvalue weighted by Crippen LogP contribution is -2.33. The maximum atomic E-state index is 9.27. The molecule has 4 nitrogen and oxygen atoms in total. The van der Waals surface area contributed by atoms with Crippen LogP contribution in [0.5, 0.6) is 0 Å². The summed E-state index contributed by atoms with van der Waals surface area (Å²) in [5, 5.41) is 12.6. The summed E-state index contributed by atoms with van der Waals surface area (Å²) in [6, 6.07) is 0. The van der Waals surface area contributed by atoms with Crippen LogP contribution in [0, 0.1) is 12.8 Å². The zero-order chi connectivity index (χ0) is 13.3. The Balaban J connectivity index is 2.06. The van der Waals surface area contributed by atoms with Crippen molar-refractivity contribution in [3.63, 3.8) is 0 Å². The quantitative estimate of drug-likeness (QED) is 0.897. The van der Waals surface area contributed by atoms with E-state index in [0.717, 1.165) is 41.2 Å². The summed E-state index contributed by atoms with van der Waals surface area (Å²) in [7, 11) is 0. The number of aliphatic hydroxyl groups excluding tert-OH is 1. The predicted octanol–water partition coefficient (Wildman–Crippen LogP) is 2.85. The fraction of sp³-hybridized carbons (Fsp3) is 0.692. The number of aryl methyl sites for hydroxylation is 1. The number of nitrogens with one attached hydrogen (secondary N) is 1. The SMILES string of the molecule is Cc1nc(C(C)C)nc(NCC2CC(O)C2)c1Br. The van der Waals surface area contributed by atoms with Crippen molar-refractivity contribution in [1.82, 2.24) is 9.97 Å². The summed E-state index contributed by atoms with van der Waals surface area (Å²) in [6.45, 7) is 7.03. The molecule has 0 amide bonds. The van der Waals surface area contributed by atoms with Crippen molar-refractivity contribution in [2.24, 2.45) is 5.92 Å². The average molecular weight is 314 g/mol. The van der Waals surface area contributed by atoms with E-state index in [1.54, 1.807) is 0 Å². The number of anilines is 1. The molecule has 2 N–H and O–H groups in total. The minimum absolute atomic E-state index is 0.0985. The molecule has 1 heterocycles. The van der Waals surface area contributed by atoms with Crippen LogP contribution in [-0.4, -0.2) is 27.7 Å². The molecule has 1 aliphatic carbocycles. The highest BCUT2D eigenvalue weighted by Crippen LogP contribution is 2.29. The second-order valence-electron chi connectivity index (χ2n) is 5.36. The molecule has 0 aliphatic heterocycles. The van der Waals surface area contributed by atoms with Crippen LogP contribution in [0.3, 0.4) is 0 Å². The van der Waals surface area contributed by atoms with Gasteiger partial charge in [-0.2, -0.15) is 0 Å². The van der Waals surface area contributed by atoms with E-state index in [1.807, 2.05) is 6.92 Å². The molecule has 1 aliphatic rings. The lowest BCUT2D eigenvalue weighted by Gasteiger charge is -2.31. The van der Waals surface area contributed by atoms with Gasteiger partial charge in [-0.25, -0.2) is 9.97 Å². The van der Waals surface area contributed by atoms with Gasteiger partial charge in [0.25, 0.3) is 0 Å². The molecule has 5 heteroatoms. The van der Waals surface area contributed by atoms with Gasteiger partial charge in [0.1, 0.15) is 11.6 Å². The van der Waals surface area contributed by atoms with Crippen molar-refractivity contribution in [3.05, 3.63) is 16.0 Å². The van der Waals surface area contributed by atoms with Gasteiger partial charge in [-0.1, -0.05) is 13.8 Å². The normalized spacial score (nSPS) is 23.0. The van der Waals surface area contributed by atoms with E-state index >= 15 is 0 Å². The Labute approximate surface area is 116 Å². The molecule has 0 bridgehead atoms. The summed E-state index contributed by atoms with van der Waals surface area (Å²) in [5.74, 6) is 2.62. The number of halogens is 1. The highest BCUT2D eigenvalue weighted by Gasteiger charge is 2.27. The highest BCUT2D eigenvalue weighted by atomic mass is 79.9. The molecule has 0 radical (unpaired) electrons. The van der Waals surface area contributed by atoms with Crippen LogP contribution in [0.4, 0.5) is 5.82 Å². The molecule has 0 atom stereocenters. The maximum Gasteiger partial charge on any atom is 0.144 e. The van der Waals surface area contributed by atoms with Crippen LogP contribution >= 0.6 is 15.9 Å². The topological polar surface area (TPSA) is 58.0 Å². The number of rotatable bonds is 4. The summed E-state index contributed by atoms with van der Waals surface area (Å²) >= 11 is 3.53. The van der Waals surface area contributed by atoms with Crippen LogP contribution in [0.25, 0.3) is 0 Å². The first-order chi connectivity index (χ1) is 8.47. The first kappa shape index (κ1) is 13.7. The van der Waals surface area contributed by atoms with Gasteiger partial charge in [-0.15, -0.1) is 0 Å². The minimum Gasteiger partial charge on any atom is -0.393 e. The lowest BCUT2D eigenvalue weighted by molar-refractivity contribution is 0.0486. The lowest BCUT2D eigenvalue weighted by atomic mass is 9.82. The molecule has 1 fully saturated rings. The zero-order valence-electron chi connectivity index (χ0n) is 11.1. The van der Waals surface area contributed by atoms with Crippen molar-refractivity contribution in [2.45, 2.75) is 45.6 Å². The van der Waals surface area contributed by atoms with E-state index in [9.17, 15) is 5.11 Å². The van der Waals surface area contributed by atoms with Crippen LogP contribution < -0.4 is 5.32 Å². The first-order valence-electron chi connectivity index (χ1n) is 6.43. The predicted molar refractivity (Wildman–Crippen MR) is 75.8 cm³/mol. The Bertz CT molecular complexity index is 430. The molecule has 0 spiro atoms. The van der Waals surface area contributed by atoms with Gasteiger partial charge in [0, 0.05) is 12.5 Å². The van der Waals surface area contributed by atoms with Crippen molar-refractivity contribution < 1.29 is 5.11 Å². The Kier molecular flexibility index (Phi) is 4.22. The summed E-state index contributed by atoms with van der Waals surface area (Å²) < 4.78 is 0.937. The number of nitrogens with zero attached hydrogens (tertiary/aromatic N) is 2. The van der Waals surface area contributed by atoms with E-state index in [4.69, 9.17) is 0 Å². The van der Waals surface area contributed by atoms with Crippen molar-refractivity contribution in [3.8, 4) is 0 Å². The first-order valence-corrected chi connectivity index (χ1v) is 7.22. The Hall–Kier alpha value is -0.680. The van der Waals surface area contributed by atoms with Gasteiger partial charge in [0.15, 0.2) is 0 Å². The Morgan fingerprint density at radius 2 is 2.06 bits per heavy atom. The van der Waals surface area contributed by atoms with E-state index in [0.29, 0.717) is 11.8 Å². The van der Waals surface area contributed by atoms with Crippen LogP contribution in [0.2, 0.25) is 0 Å². The third-order valence-corrected chi connectivity index (χ3v) is 4.27. The second-order valence-corrected chi connectivity index (χ2v) is 6.15. The van der Waals surface area contributed by atoms with Gasteiger partial charge in [-0.3, -0.25) is 0 Å². The van der Waals surface area contributed by atoms with Gasteiger partial charge in [0.05, 0.1) is 16.3 Å². The number of aliphatic hydroxyl groups is 1. The third-order valence-electron chi connectivity index (χ3n) is 3.32. The largest absolute Gasteiger partial charge is 0.393 e.